The first-order valence-electron chi connectivity index (χ1n) is 44.0. The van der Waals surface area contributed by atoms with E-state index in [0.717, 1.165) is 167 Å². The summed E-state index contributed by atoms with van der Waals surface area (Å²) >= 11 is 0. The largest absolute Gasteiger partial charge is 0.472 e. The molecule has 0 amide bonds. The number of phosphoric acid groups is 2. The van der Waals surface area contributed by atoms with Crippen molar-refractivity contribution in [3.8, 4) is 0 Å². The van der Waals surface area contributed by atoms with Crippen molar-refractivity contribution in [1.82, 2.24) is 0 Å². The van der Waals surface area contributed by atoms with Gasteiger partial charge >= 0.3 is 33.6 Å². The van der Waals surface area contributed by atoms with E-state index in [0.29, 0.717) is 25.7 Å². The second-order valence-electron chi connectivity index (χ2n) is 28.5. The first-order valence-corrected chi connectivity index (χ1v) is 47.0. The smallest absolute Gasteiger partial charge is 0.463 e. The van der Waals surface area contributed by atoms with Gasteiger partial charge in [-0.1, -0.05) is 342 Å². The van der Waals surface area contributed by atoms with E-state index in [1.807, 2.05) is 0 Å². The van der Waals surface area contributed by atoms with Gasteiger partial charge in [0.15, 0.2) is 6.10 Å². The normalized spacial score (nSPS) is 14.9. The monoisotopic (exact) mass is 1640 g/mol. The van der Waals surface area contributed by atoms with Gasteiger partial charge in [0, 0.05) is 19.3 Å². The minimum Gasteiger partial charge on any atom is -0.463 e. The van der Waals surface area contributed by atoms with Crippen LogP contribution in [0.4, 0.5) is 0 Å². The maximum absolute atomic E-state index is 13.0. The van der Waals surface area contributed by atoms with E-state index >= 15 is 0 Å². The molecule has 18 heteroatoms. The van der Waals surface area contributed by atoms with Crippen molar-refractivity contribution in [1.29, 1.82) is 0 Å². The maximum atomic E-state index is 13.0. The van der Waals surface area contributed by atoms with Crippen LogP contribution in [0.2, 0.25) is 0 Å². The highest BCUT2D eigenvalue weighted by Gasteiger charge is 2.29. The topological polar surface area (TPSA) is 231 Å². The molecule has 0 aliphatic carbocycles. The lowest BCUT2D eigenvalue weighted by atomic mass is 10.0. The second kappa shape index (κ2) is 87.2. The highest BCUT2D eigenvalue weighted by molar-refractivity contribution is 7.47. The van der Waals surface area contributed by atoms with Crippen LogP contribution in [-0.4, -0.2) is 95.9 Å². The molecular weight excluding hydrogens is 1480 g/mol. The molecule has 0 aliphatic heterocycles. The van der Waals surface area contributed by atoms with Crippen molar-refractivity contribution in [3.05, 3.63) is 219 Å². The molecule has 0 aliphatic rings. The van der Waals surface area contributed by atoms with E-state index in [2.05, 4.69) is 240 Å². The summed E-state index contributed by atoms with van der Waals surface area (Å²) in [5.41, 5.74) is 0. The zero-order valence-corrected chi connectivity index (χ0v) is 73.2. The van der Waals surface area contributed by atoms with Gasteiger partial charge in [0.05, 0.1) is 26.4 Å². The number of phosphoric ester groups is 2. The maximum Gasteiger partial charge on any atom is 0.472 e. The number of rotatable bonds is 81. The Balaban J connectivity index is 4.61. The molecule has 0 saturated heterocycles. The van der Waals surface area contributed by atoms with E-state index in [4.69, 9.17) is 32.3 Å². The van der Waals surface area contributed by atoms with Crippen LogP contribution in [0.1, 0.15) is 316 Å². The van der Waals surface area contributed by atoms with Crippen molar-refractivity contribution in [2.75, 3.05) is 39.6 Å². The Morgan fingerprint density at radius 3 is 0.704 bits per heavy atom. The van der Waals surface area contributed by atoms with Crippen LogP contribution in [0.5, 0.6) is 0 Å². The zero-order valence-electron chi connectivity index (χ0n) is 71.4. The Kier molecular flexibility index (Phi) is 82.5. The lowest BCUT2D eigenvalue weighted by Gasteiger charge is -2.21. The molecule has 0 aromatic carbocycles. The third kappa shape index (κ3) is 88.5. The van der Waals surface area contributed by atoms with Crippen molar-refractivity contribution in [2.24, 2.45) is 0 Å². The van der Waals surface area contributed by atoms with Crippen molar-refractivity contribution in [3.63, 3.8) is 0 Å². The average molecular weight is 1640 g/mol. The van der Waals surface area contributed by atoms with Crippen LogP contribution in [0, 0.1) is 0 Å². The standard InChI is InChI=1S/C97H156O16P2/c1-4-7-10-13-16-19-22-25-28-31-34-37-39-40-41-42-43-44-45-46-47-48-49-50-52-55-56-59-62-65-68-71-74-77-80-83-95(100)107-86-92(98)87-109-114(103,104)110-88-93(99)89-111-115(105,106)112-91-94(113-97(102)85-82-79-76-73-70-67-64-61-58-53-36-33-30-27-24-21-18-15-12-9-6-3)90-108-96(101)84-81-78-75-72-69-66-63-60-57-54-51-38-35-32-29-26-23-20-17-14-11-8-5-2/h7-12,16-21,25-30,34-38,40-41,43-44,53-54,57,61,63-64,66,70,73,92-94,98-99H,4-6,13-15,22-24,31-33,39,42,45-52,55-56,58-60,62,65,67-69,71-72,74-91H2,1-3H3,(H,103,104)(H,105,106)/b10-7-,11-8-,12-9-,19-16-,20-17-,21-18-,28-25-,29-26-,30-27-,37-34-,38-35-,41-40-,44-43-,53-36-,57-54-,64-61-,66-63-,73-70-. The Hall–Kier alpha value is -6.13. The van der Waals surface area contributed by atoms with Crippen LogP contribution in [0.25, 0.3) is 0 Å². The summed E-state index contributed by atoms with van der Waals surface area (Å²) in [5.74, 6) is -1.67. The van der Waals surface area contributed by atoms with Gasteiger partial charge in [0.2, 0.25) is 0 Å². The van der Waals surface area contributed by atoms with Crippen LogP contribution in [0.3, 0.4) is 0 Å². The molecule has 650 valence electrons. The molecule has 16 nitrogen and oxygen atoms in total. The van der Waals surface area contributed by atoms with E-state index in [9.17, 15) is 43.5 Å². The van der Waals surface area contributed by atoms with Crippen LogP contribution in [-0.2, 0) is 55.8 Å². The molecule has 0 radical (unpaired) electrons. The van der Waals surface area contributed by atoms with Gasteiger partial charge in [-0.2, -0.15) is 0 Å². The molecule has 5 unspecified atom stereocenters. The van der Waals surface area contributed by atoms with Gasteiger partial charge < -0.3 is 34.2 Å². The molecular formula is C97H156O16P2. The number of esters is 3. The third-order valence-corrected chi connectivity index (χ3v) is 19.6. The zero-order chi connectivity index (χ0) is 83.6. The van der Waals surface area contributed by atoms with Crippen LogP contribution >= 0.6 is 15.6 Å². The third-order valence-electron chi connectivity index (χ3n) is 17.7. The summed E-state index contributed by atoms with van der Waals surface area (Å²) in [7, 11) is -9.84. The number of carbonyl (C=O) groups excluding carboxylic acids is 3. The quantitative estimate of drug-likeness (QED) is 0.0146. The molecule has 0 bridgehead atoms. The van der Waals surface area contributed by atoms with Gasteiger partial charge in [-0.15, -0.1) is 0 Å². The Morgan fingerprint density at radius 2 is 0.435 bits per heavy atom. The molecule has 0 rings (SSSR count). The number of aliphatic hydroxyl groups excluding tert-OH is 2. The lowest BCUT2D eigenvalue weighted by molar-refractivity contribution is -0.161. The number of hydrogen-bond donors (Lipinski definition) is 4. The summed E-state index contributed by atoms with van der Waals surface area (Å²) in [6, 6.07) is 0. The highest BCUT2D eigenvalue weighted by atomic mass is 31.2. The summed E-state index contributed by atoms with van der Waals surface area (Å²) in [4.78, 5) is 58.9. The van der Waals surface area contributed by atoms with Gasteiger partial charge in [-0.3, -0.25) is 32.5 Å². The predicted molar refractivity (Wildman–Crippen MR) is 481 cm³/mol. The summed E-state index contributed by atoms with van der Waals surface area (Å²) in [6.45, 7) is 2.25. The molecule has 0 aromatic heterocycles. The van der Waals surface area contributed by atoms with Gasteiger partial charge in [-0.25, -0.2) is 9.13 Å². The molecule has 5 atom stereocenters. The minimum atomic E-state index is -4.97. The van der Waals surface area contributed by atoms with Crippen LogP contribution in [0.15, 0.2) is 219 Å². The highest BCUT2D eigenvalue weighted by Crippen LogP contribution is 2.45. The molecule has 0 heterocycles. The predicted octanol–water partition coefficient (Wildman–Crippen LogP) is 27.0. The van der Waals surface area contributed by atoms with E-state index in [-0.39, 0.29) is 19.3 Å². The number of carbonyl (C=O) groups is 3. The van der Waals surface area contributed by atoms with Gasteiger partial charge in [-0.05, 0) is 173 Å². The number of ether oxygens (including phenoxy) is 3. The van der Waals surface area contributed by atoms with Crippen LogP contribution < -0.4 is 0 Å². The van der Waals surface area contributed by atoms with Crippen molar-refractivity contribution in [2.45, 2.75) is 334 Å². The van der Waals surface area contributed by atoms with E-state index in [1.165, 1.54) is 83.5 Å². The van der Waals surface area contributed by atoms with Gasteiger partial charge in [0.25, 0.3) is 0 Å². The van der Waals surface area contributed by atoms with Crippen molar-refractivity contribution < 1.29 is 75.8 Å². The molecule has 0 spiro atoms. The summed E-state index contributed by atoms with van der Waals surface area (Å²) in [6.07, 6.45) is 119. The number of allylic oxidation sites excluding steroid dienone is 36. The molecule has 115 heavy (non-hydrogen) atoms. The summed E-state index contributed by atoms with van der Waals surface area (Å²) in [5, 5.41) is 20.7. The minimum absolute atomic E-state index is 0.0345. The molecule has 4 N–H and O–H groups in total. The van der Waals surface area contributed by atoms with E-state index < -0.39 is 91.5 Å². The van der Waals surface area contributed by atoms with Gasteiger partial charge in [0.1, 0.15) is 25.4 Å². The fourth-order valence-corrected chi connectivity index (χ4v) is 12.7. The Labute approximate surface area is 698 Å². The van der Waals surface area contributed by atoms with Crippen molar-refractivity contribution >= 4 is 33.6 Å². The Bertz CT molecular complexity index is 2970. The number of hydrogen-bond acceptors (Lipinski definition) is 14. The first-order chi connectivity index (χ1) is 56.2. The Morgan fingerprint density at radius 1 is 0.243 bits per heavy atom. The average Bonchev–Trinajstić information content (AvgIpc) is 0.901. The first kappa shape index (κ1) is 109. The number of aliphatic hydroxyl groups is 2. The fourth-order valence-electron chi connectivity index (χ4n) is 11.1. The molecule has 0 fully saturated rings. The number of unbranched alkanes of at least 4 members (excludes halogenated alkanes) is 22. The van der Waals surface area contributed by atoms with E-state index in [1.54, 1.807) is 0 Å². The summed E-state index contributed by atoms with van der Waals surface area (Å²) < 4.78 is 61.3. The lowest BCUT2D eigenvalue weighted by Crippen LogP contribution is -2.30. The SMILES string of the molecule is CC/C=C\C/C=C\C/C=C\C/C=C\C/C=C\C/C=C\CCCCCCCCCCCCCCCCCCC(=O)OCC(O)COP(=O)(O)OCC(O)COP(=O)(O)OCC(COC(=O)CCCCCC/C=C\C/C=C\C/C=C\C/C=C\C/C=C\C/C=C\CC)OC(=O)CCCC/C=C\C/C=C\C/C=C\C/C=C\C/C=C\C/C=C\CC. The fraction of sp³-hybridized carbons (Fsp3) is 0.598. The molecule has 0 aromatic rings. The second-order valence-corrected chi connectivity index (χ2v) is 31.5. The molecule has 0 saturated carbocycles.